The average molecular weight is 266 g/mol. The molecule has 1 aromatic rings. The van der Waals surface area contributed by atoms with Crippen LogP contribution in [0.25, 0.3) is 0 Å². The number of amides is 1. The lowest BCUT2D eigenvalue weighted by Gasteiger charge is -2.15. The molecule has 1 aliphatic heterocycles. The minimum absolute atomic E-state index is 0.0902. The van der Waals surface area contributed by atoms with Gasteiger partial charge in [0.25, 0.3) is 5.91 Å². The fourth-order valence-electron chi connectivity index (χ4n) is 1.95. The number of anilines is 1. The molecule has 0 spiro atoms. The largest absolute Gasteiger partial charge is 0.398 e. The predicted octanol–water partition coefficient (Wildman–Crippen LogP) is 1.90. The van der Waals surface area contributed by atoms with Gasteiger partial charge in [-0.25, -0.2) is 0 Å². The Bertz CT molecular complexity index is 451. The molecule has 3 N–H and O–H groups in total. The predicted molar refractivity (Wildman–Crippen MR) is 73.9 cm³/mol. The molecule has 2 atom stereocenters. The Kier molecular flexibility index (Phi) is 4.14. The van der Waals surface area contributed by atoms with Crippen LogP contribution in [0.1, 0.15) is 23.7 Å². The molecule has 1 aromatic carbocycles. The van der Waals surface area contributed by atoms with E-state index in [1.54, 1.807) is 30.9 Å². The third kappa shape index (κ3) is 2.79. The Morgan fingerprint density at radius 2 is 2.33 bits per heavy atom. The number of benzene rings is 1. The summed E-state index contributed by atoms with van der Waals surface area (Å²) in [7, 11) is 1.62. The molecule has 1 amide bonds. The molecular weight excluding hydrogens is 248 g/mol. The van der Waals surface area contributed by atoms with E-state index in [4.69, 9.17) is 10.5 Å². The molecule has 5 heteroatoms. The summed E-state index contributed by atoms with van der Waals surface area (Å²) in [6.45, 7) is 2.87. The van der Waals surface area contributed by atoms with Gasteiger partial charge in [0.15, 0.2) is 0 Å². The van der Waals surface area contributed by atoms with Crippen molar-refractivity contribution in [2.75, 3.05) is 19.4 Å². The first-order valence-electron chi connectivity index (χ1n) is 6.01. The first kappa shape index (κ1) is 13.2. The summed E-state index contributed by atoms with van der Waals surface area (Å²) in [6.07, 6.45) is 1.26. The van der Waals surface area contributed by atoms with Gasteiger partial charge in [0.1, 0.15) is 0 Å². The second-order valence-corrected chi connectivity index (χ2v) is 5.63. The first-order chi connectivity index (χ1) is 8.61. The summed E-state index contributed by atoms with van der Waals surface area (Å²) in [5.74, 6) is -0.0902. The van der Waals surface area contributed by atoms with E-state index in [-0.39, 0.29) is 12.0 Å². The standard InChI is InChI=1S/C13H18N2O2S/c1-8-11(5-6-17-8)18-12-7-9(13(16)15-2)3-4-10(12)14/h3-4,7-8,11H,5-6,14H2,1-2H3,(H,15,16). The molecule has 0 bridgehead atoms. The smallest absolute Gasteiger partial charge is 0.251 e. The minimum atomic E-state index is -0.0902. The van der Waals surface area contributed by atoms with E-state index in [2.05, 4.69) is 12.2 Å². The van der Waals surface area contributed by atoms with Crippen LogP contribution in [0.2, 0.25) is 0 Å². The van der Waals surface area contributed by atoms with Crippen LogP contribution in [0.4, 0.5) is 5.69 Å². The van der Waals surface area contributed by atoms with Crippen LogP contribution in [-0.4, -0.2) is 30.9 Å². The summed E-state index contributed by atoms with van der Waals surface area (Å²) in [5.41, 5.74) is 7.32. The van der Waals surface area contributed by atoms with Gasteiger partial charge in [0.05, 0.1) is 6.10 Å². The van der Waals surface area contributed by atoms with Gasteiger partial charge < -0.3 is 15.8 Å². The maximum absolute atomic E-state index is 11.6. The third-order valence-corrected chi connectivity index (χ3v) is 4.62. The van der Waals surface area contributed by atoms with Crippen molar-refractivity contribution in [3.8, 4) is 0 Å². The number of ether oxygens (including phenoxy) is 1. The highest BCUT2D eigenvalue weighted by atomic mass is 32.2. The average Bonchev–Trinajstić information content (AvgIpc) is 2.77. The molecule has 0 radical (unpaired) electrons. The zero-order valence-corrected chi connectivity index (χ0v) is 11.4. The molecule has 1 aliphatic rings. The van der Waals surface area contributed by atoms with E-state index in [1.807, 2.05) is 6.07 Å². The quantitative estimate of drug-likeness (QED) is 0.820. The summed E-state index contributed by atoms with van der Waals surface area (Å²) in [4.78, 5) is 12.5. The van der Waals surface area contributed by atoms with Gasteiger partial charge in [-0.05, 0) is 31.5 Å². The van der Waals surface area contributed by atoms with Crippen molar-refractivity contribution < 1.29 is 9.53 Å². The highest BCUT2D eigenvalue weighted by Crippen LogP contribution is 2.35. The van der Waals surface area contributed by atoms with Gasteiger partial charge >= 0.3 is 0 Å². The maximum Gasteiger partial charge on any atom is 0.251 e. The molecule has 4 nitrogen and oxygen atoms in total. The molecule has 2 rings (SSSR count). The van der Waals surface area contributed by atoms with E-state index >= 15 is 0 Å². The second kappa shape index (κ2) is 5.63. The number of nitrogen functional groups attached to an aromatic ring is 1. The van der Waals surface area contributed by atoms with Crippen LogP contribution in [0.5, 0.6) is 0 Å². The lowest BCUT2D eigenvalue weighted by atomic mass is 10.2. The zero-order valence-electron chi connectivity index (χ0n) is 10.6. The molecule has 18 heavy (non-hydrogen) atoms. The van der Waals surface area contributed by atoms with E-state index < -0.39 is 0 Å². The number of hydrogen-bond donors (Lipinski definition) is 2. The number of hydrogen-bond acceptors (Lipinski definition) is 4. The van der Waals surface area contributed by atoms with Crippen LogP contribution < -0.4 is 11.1 Å². The monoisotopic (exact) mass is 266 g/mol. The van der Waals surface area contributed by atoms with E-state index in [0.29, 0.717) is 16.5 Å². The van der Waals surface area contributed by atoms with Gasteiger partial charge in [0, 0.05) is 35.1 Å². The fraction of sp³-hybridized carbons (Fsp3) is 0.462. The number of carbonyl (C=O) groups is 1. The minimum Gasteiger partial charge on any atom is -0.398 e. The number of nitrogens with two attached hydrogens (primary N) is 1. The summed E-state index contributed by atoms with van der Waals surface area (Å²) in [6, 6.07) is 5.38. The van der Waals surface area contributed by atoms with Crippen LogP contribution in [0.15, 0.2) is 23.1 Å². The molecule has 0 saturated carbocycles. The highest BCUT2D eigenvalue weighted by Gasteiger charge is 2.26. The number of thioether (sulfide) groups is 1. The van der Waals surface area contributed by atoms with Crippen LogP contribution >= 0.6 is 11.8 Å². The van der Waals surface area contributed by atoms with E-state index in [1.165, 1.54) is 0 Å². The molecule has 2 unspecified atom stereocenters. The Morgan fingerprint density at radius 1 is 1.56 bits per heavy atom. The Morgan fingerprint density at radius 3 is 2.94 bits per heavy atom. The normalized spacial score (nSPS) is 23.0. The van der Waals surface area contributed by atoms with Crippen molar-refractivity contribution in [3.05, 3.63) is 23.8 Å². The van der Waals surface area contributed by atoms with E-state index in [9.17, 15) is 4.79 Å². The lowest BCUT2D eigenvalue weighted by molar-refractivity contribution is 0.0963. The molecule has 0 aromatic heterocycles. The summed E-state index contributed by atoms with van der Waals surface area (Å²) < 4.78 is 5.54. The van der Waals surface area contributed by atoms with Crippen molar-refractivity contribution >= 4 is 23.4 Å². The van der Waals surface area contributed by atoms with Crippen molar-refractivity contribution in [2.45, 2.75) is 29.6 Å². The molecule has 1 heterocycles. The third-order valence-electron chi connectivity index (χ3n) is 3.09. The van der Waals surface area contributed by atoms with Gasteiger partial charge in [-0.1, -0.05) is 0 Å². The van der Waals surface area contributed by atoms with Gasteiger partial charge in [0.2, 0.25) is 0 Å². The molecule has 1 fully saturated rings. The number of carbonyl (C=O) groups excluding carboxylic acids is 1. The Balaban J connectivity index is 2.18. The Labute approximate surface area is 111 Å². The van der Waals surface area contributed by atoms with Gasteiger partial charge in [-0.2, -0.15) is 0 Å². The molecule has 98 valence electrons. The van der Waals surface area contributed by atoms with Gasteiger partial charge in [-0.15, -0.1) is 11.8 Å². The number of nitrogens with one attached hydrogen (secondary N) is 1. The SMILES string of the molecule is CNC(=O)c1ccc(N)c(SC2CCOC2C)c1. The molecule has 0 aliphatic carbocycles. The second-order valence-electron chi connectivity index (χ2n) is 4.35. The first-order valence-corrected chi connectivity index (χ1v) is 6.89. The van der Waals surface area contributed by atoms with Crippen molar-refractivity contribution in [1.29, 1.82) is 0 Å². The van der Waals surface area contributed by atoms with Crippen molar-refractivity contribution in [1.82, 2.24) is 5.32 Å². The number of rotatable bonds is 3. The fourth-order valence-corrected chi connectivity index (χ4v) is 3.16. The maximum atomic E-state index is 11.6. The molecular formula is C13H18N2O2S. The zero-order chi connectivity index (χ0) is 13.1. The van der Waals surface area contributed by atoms with Crippen LogP contribution in [0.3, 0.4) is 0 Å². The van der Waals surface area contributed by atoms with Crippen molar-refractivity contribution in [2.24, 2.45) is 0 Å². The topological polar surface area (TPSA) is 64.4 Å². The van der Waals surface area contributed by atoms with Gasteiger partial charge in [-0.3, -0.25) is 4.79 Å². The highest BCUT2D eigenvalue weighted by molar-refractivity contribution is 8.00. The summed E-state index contributed by atoms with van der Waals surface area (Å²) >= 11 is 1.70. The molecule has 1 saturated heterocycles. The van der Waals surface area contributed by atoms with Crippen LogP contribution in [0, 0.1) is 0 Å². The van der Waals surface area contributed by atoms with Crippen molar-refractivity contribution in [3.63, 3.8) is 0 Å². The van der Waals surface area contributed by atoms with E-state index in [0.717, 1.165) is 17.9 Å². The van der Waals surface area contributed by atoms with Crippen LogP contribution in [-0.2, 0) is 4.74 Å². The Hall–Kier alpha value is -1.20. The summed E-state index contributed by atoms with van der Waals surface area (Å²) in [5, 5.41) is 3.03. The lowest BCUT2D eigenvalue weighted by Crippen LogP contribution is -2.18.